The molecule has 0 saturated heterocycles. The van der Waals surface area contributed by atoms with Gasteiger partial charge in [0.05, 0.1) is 0 Å². The second-order valence-corrected chi connectivity index (χ2v) is 7.40. The molecule has 0 saturated carbocycles. The minimum absolute atomic E-state index is 0. The molecule has 0 aromatic rings. The van der Waals surface area contributed by atoms with E-state index in [-0.39, 0.29) is 39.0 Å². The maximum absolute atomic E-state index is 9.87. The molecule has 4 N–H and O–H groups in total. The second-order valence-electron chi connectivity index (χ2n) is 7.40. The Morgan fingerprint density at radius 3 is 0.618 bits per heavy atom. The van der Waals surface area contributed by atoms with Crippen LogP contribution >= 0.6 is 0 Å². The monoisotopic (exact) mass is 670 g/mol. The van der Waals surface area contributed by atoms with Gasteiger partial charge in [-0.05, 0) is 25.7 Å². The third-order valence-corrected chi connectivity index (χ3v) is 3.98. The van der Waals surface area contributed by atoms with E-state index in [4.69, 9.17) is 20.4 Å². The summed E-state index contributed by atoms with van der Waals surface area (Å²) in [5.74, 6) is -2.73. The van der Waals surface area contributed by atoms with Gasteiger partial charge in [0.25, 0.3) is 0 Å². The molecule has 2 radical (unpaired) electrons. The molecule has 34 heavy (non-hydrogen) atoms. The van der Waals surface area contributed by atoms with Crippen molar-refractivity contribution in [3.8, 4) is 0 Å². The molecule has 0 unspecified atom stereocenters. The van der Waals surface area contributed by atoms with Crippen molar-refractivity contribution in [1.82, 2.24) is 0 Å². The first-order valence-electron chi connectivity index (χ1n) is 12.0. The van der Waals surface area contributed by atoms with Crippen molar-refractivity contribution in [3.63, 3.8) is 0 Å². The van der Waals surface area contributed by atoms with Crippen LogP contribution in [0.2, 0.25) is 0 Å². The molecule has 0 aliphatic carbocycles. The van der Waals surface area contributed by atoms with Crippen LogP contribution in [0.25, 0.3) is 0 Å². The molecule has 0 fully saturated rings. The molecule has 0 aromatic carbocycles. The summed E-state index contributed by atoms with van der Waals surface area (Å²) in [6.07, 6.45) is 13.1. The fourth-order valence-electron chi connectivity index (χ4n) is 2.10. The number of rotatable bonds is 16. The van der Waals surface area contributed by atoms with Gasteiger partial charge in [-0.2, -0.15) is 0 Å². The maximum Gasteiger partial charge on any atom is 0.303 e. The Labute approximate surface area is 232 Å². The summed E-state index contributed by atoms with van der Waals surface area (Å²) in [4.78, 5) is 39.5. The molecule has 0 atom stereocenters. The molecule has 0 aliphatic heterocycles. The Bertz CT molecular complexity index is 367. The largest absolute Gasteiger partial charge is 0.481 e. The zero-order chi connectivity index (χ0) is 25.6. The minimum Gasteiger partial charge on any atom is -0.481 e. The summed E-state index contributed by atoms with van der Waals surface area (Å²) in [6.45, 7) is 8.23. The molecule has 8 nitrogen and oxygen atoms in total. The summed E-state index contributed by atoms with van der Waals surface area (Å²) in [6, 6.07) is 0. The Morgan fingerprint density at radius 2 is 0.529 bits per heavy atom. The third kappa shape index (κ3) is 77.2. The van der Waals surface area contributed by atoms with Gasteiger partial charge < -0.3 is 20.4 Å². The van der Waals surface area contributed by atoms with Crippen LogP contribution in [0.5, 0.6) is 0 Å². The van der Waals surface area contributed by atoms with E-state index in [0.717, 1.165) is 77.0 Å². The van der Waals surface area contributed by atoms with Gasteiger partial charge in [-0.15, -0.1) is 0 Å². The van der Waals surface area contributed by atoms with Crippen LogP contribution in [-0.4, -0.2) is 44.3 Å². The van der Waals surface area contributed by atoms with Gasteiger partial charge >= 0.3 is 23.9 Å². The normalized spacial score (nSPS) is 8.59. The summed E-state index contributed by atoms with van der Waals surface area (Å²) in [5.41, 5.74) is 0. The van der Waals surface area contributed by atoms with Gasteiger partial charge in [-0.1, -0.05) is 79.1 Å². The van der Waals surface area contributed by atoms with Crippen LogP contribution in [-0.2, 0) is 58.1 Å². The van der Waals surface area contributed by atoms with Gasteiger partial charge in [0, 0.05) is 64.6 Å². The maximum atomic E-state index is 9.87. The van der Waals surface area contributed by atoms with E-state index in [1.807, 2.05) is 0 Å². The number of aliphatic carboxylic acids is 4. The first kappa shape index (κ1) is 46.5. The van der Waals surface area contributed by atoms with E-state index in [0.29, 0.717) is 25.7 Å². The minimum atomic E-state index is -0.682. The summed E-state index contributed by atoms with van der Waals surface area (Å²) >= 11 is 0. The van der Waals surface area contributed by atoms with E-state index >= 15 is 0 Å². The van der Waals surface area contributed by atoms with Crippen molar-refractivity contribution in [2.45, 2.75) is 130 Å². The molecular formula is C24H48O8Rh2. The second kappa shape index (κ2) is 42.3. The number of carbonyl (C=O) groups is 4. The average Bonchev–Trinajstić information content (AvgIpc) is 2.69. The van der Waals surface area contributed by atoms with Gasteiger partial charge in [0.2, 0.25) is 0 Å². The van der Waals surface area contributed by atoms with Crippen LogP contribution in [0.1, 0.15) is 130 Å². The SMILES string of the molecule is CCCCCC(=O)O.CCCCCC(=O)O.CCCCCC(=O)O.CCCCCC(=O)O.[Rh].[Rh]. The fraction of sp³-hybridized carbons (Fsp3) is 0.833. The number of hydrogen-bond acceptors (Lipinski definition) is 4. The Balaban J connectivity index is -0.0000000754. The zero-order valence-electron chi connectivity index (χ0n) is 21.4. The molecule has 0 rings (SSSR count). The van der Waals surface area contributed by atoms with Crippen LogP contribution in [0.15, 0.2) is 0 Å². The molecule has 0 amide bonds. The molecule has 0 spiro atoms. The molecule has 0 aromatic heterocycles. The summed E-state index contributed by atoms with van der Waals surface area (Å²) in [7, 11) is 0. The van der Waals surface area contributed by atoms with Crippen molar-refractivity contribution in [2.24, 2.45) is 0 Å². The van der Waals surface area contributed by atoms with Gasteiger partial charge in [0.1, 0.15) is 0 Å². The average molecular weight is 670 g/mol. The van der Waals surface area contributed by atoms with Crippen molar-refractivity contribution < 1.29 is 78.6 Å². The van der Waals surface area contributed by atoms with Crippen molar-refractivity contribution in [3.05, 3.63) is 0 Å². The van der Waals surface area contributed by atoms with E-state index in [2.05, 4.69) is 27.7 Å². The topological polar surface area (TPSA) is 149 Å². The standard InChI is InChI=1S/4C6H12O2.2Rh/c4*1-2-3-4-5-6(7)8;;/h4*2-5H2,1H3,(H,7,8);;. The molecule has 0 aliphatic rings. The Hall–Kier alpha value is -0.873. The van der Waals surface area contributed by atoms with Gasteiger partial charge in [-0.3, -0.25) is 19.2 Å². The third-order valence-electron chi connectivity index (χ3n) is 3.98. The first-order valence-corrected chi connectivity index (χ1v) is 12.0. The van der Waals surface area contributed by atoms with Crippen molar-refractivity contribution in [2.75, 3.05) is 0 Å². The molecule has 10 heteroatoms. The predicted octanol–water partition coefficient (Wildman–Crippen LogP) is 6.60. The smallest absolute Gasteiger partial charge is 0.303 e. The molecular weight excluding hydrogens is 622 g/mol. The number of carboxylic acids is 4. The molecule has 210 valence electrons. The number of carboxylic acid groups (broad SMARTS) is 4. The molecule has 0 bridgehead atoms. The summed E-state index contributed by atoms with van der Waals surface area (Å²) < 4.78 is 0. The van der Waals surface area contributed by atoms with E-state index < -0.39 is 23.9 Å². The fourth-order valence-corrected chi connectivity index (χ4v) is 2.10. The zero-order valence-corrected chi connectivity index (χ0v) is 24.7. The van der Waals surface area contributed by atoms with Crippen LogP contribution in [0.4, 0.5) is 0 Å². The Morgan fingerprint density at radius 1 is 0.382 bits per heavy atom. The Kier molecular flexibility index (Phi) is 57.8. The first-order chi connectivity index (χ1) is 15.1. The predicted molar refractivity (Wildman–Crippen MR) is 127 cm³/mol. The van der Waals surface area contributed by atoms with Gasteiger partial charge in [0.15, 0.2) is 0 Å². The van der Waals surface area contributed by atoms with Crippen LogP contribution in [0.3, 0.4) is 0 Å². The number of unbranched alkanes of at least 4 members (excludes halogenated alkanes) is 8. The van der Waals surface area contributed by atoms with Crippen LogP contribution < -0.4 is 0 Å². The van der Waals surface area contributed by atoms with Crippen molar-refractivity contribution >= 4 is 23.9 Å². The van der Waals surface area contributed by atoms with E-state index in [1.54, 1.807) is 0 Å². The van der Waals surface area contributed by atoms with Crippen molar-refractivity contribution in [1.29, 1.82) is 0 Å². The number of hydrogen-bond donors (Lipinski definition) is 4. The van der Waals surface area contributed by atoms with Gasteiger partial charge in [-0.25, -0.2) is 0 Å². The van der Waals surface area contributed by atoms with E-state index in [9.17, 15) is 19.2 Å². The molecule has 0 heterocycles. The quantitative estimate of drug-likeness (QED) is 0.106. The van der Waals surface area contributed by atoms with Crippen LogP contribution in [0, 0.1) is 0 Å². The van der Waals surface area contributed by atoms with E-state index in [1.165, 1.54) is 0 Å². The summed E-state index contributed by atoms with van der Waals surface area (Å²) in [5, 5.41) is 32.6.